The highest BCUT2D eigenvalue weighted by molar-refractivity contribution is 7.18. The molecule has 38 heavy (non-hydrogen) atoms. The first-order chi connectivity index (χ1) is 18.0. The van der Waals surface area contributed by atoms with E-state index in [0.717, 1.165) is 61.9 Å². The van der Waals surface area contributed by atoms with E-state index in [1.54, 1.807) is 4.90 Å². The zero-order chi connectivity index (χ0) is 27.9. The van der Waals surface area contributed by atoms with Crippen molar-refractivity contribution in [2.75, 3.05) is 18.0 Å². The second-order valence-electron chi connectivity index (χ2n) is 9.85. The molecule has 3 N–H and O–H groups in total. The van der Waals surface area contributed by atoms with Crippen LogP contribution in [0.5, 0.6) is 0 Å². The van der Waals surface area contributed by atoms with Crippen LogP contribution in [0.1, 0.15) is 61.5 Å². The topological polar surface area (TPSA) is 107 Å². The molecule has 2 fully saturated rings. The van der Waals surface area contributed by atoms with Gasteiger partial charge in [-0.1, -0.05) is 43.7 Å². The van der Waals surface area contributed by atoms with E-state index in [9.17, 15) is 27.9 Å². The van der Waals surface area contributed by atoms with Crippen LogP contribution in [-0.2, 0) is 9.59 Å². The molecule has 7 nitrogen and oxygen atoms in total. The summed E-state index contributed by atoms with van der Waals surface area (Å²) in [5, 5.41) is 20.6. The molecule has 2 aromatic rings. The van der Waals surface area contributed by atoms with Crippen LogP contribution in [0.3, 0.4) is 0 Å². The molecule has 4 rings (SSSR count). The Morgan fingerprint density at radius 2 is 1.66 bits per heavy atom. The molecule has 208 valence electrons. The average Bonchev–Trinajstić information content (AvgIpc) is 3.34. The predicted molar refractivity (Wildman–Crippen MR) is 140 cm³/mol. The van der Waals surface area contributed by atoms with Crippen LogP contribution in [0.15, 0.2) is 36.4 Å². The number of carboxylic acids is 2. The number of carbonyl (C=O) groups excluding carboxylic acids is 1. The van der Waals surface area contributed by atoms with Crippen molar-refractivity contribution in [1.29, 1.82) is 0 Å². The first-order valence-corrected chi connectivity index (χ1v) is 13.6. The van der Waals surface area contributed by atoms with Crippen LogP contribution in [0, 0.1) is 11.8 Å². The summed E-state index contributed by atoms with van der Waals surface area (Å²) < 4.78 is 31.7. The molecule has 1 saturated heterocycles. The Labute approximate surface area is 223 Å². The SMILES string of the molecule is CC1CCC(C(=O)N(CC2CCCCN2)c2cc(-c3ccccc3)sc2C(=O)O)CC1.O=C(O)C(F)(F)F. The van der Waals surface area contributed by atoms with E-state index in [-0.39, 0.29) is 22.7 Å². The van der Waals surface area contributed by atoms with Crippen molar-refractivity contribution < 1.29 is 37.8 Å². The lowest BCUT2D eigenvalue weighted by molar-refractivity contribution is -0.192. The van der Waals surface area contributed by atoms with Crippen molar-refractivity contribution in [3.8, 4) is 10.4 Å². The number of aromatic carboxylic acids is 1. The Kier molecular flexibility index (Phi) is 10.3. The molecule has 0 spiro atoms. The summed E-state index contributed by atoms with van der Waals surface area (Å²) in [6, 6.07) is 11.9. The molecule has 1 aliphatic heterocycles. The molecule has 0 radical (unpaired) electrons. The smallest absolute Gasteiger partial charge is 0.477 e. The Bertz CT molecular complexity index is 1090. The van der Waals surface area contributed by atoms with Gasteiger partial charge < -0.3 is 20.4 Å². The third-order valence-corrected chi connectivity index (χ3v) is 8.11. The highest BCUT2D eigenvalue weighted by Gasteiger charge is 2.38. The predicted octanol–water partition coefficient (Wildman–Crippen LogP) is 6.05. The number of alkyl halides is 3. The minimum Gasteiger partial charge on any atom is -0.477 e. The maximum Gasteiger partial charge on any atom is 0.490 e. The number of halogens is 3. The third kappa shape index (κ3) is 8.04. The summed E-state index contributed by atoms with van der Waals surface area (Å²) in [4.78, 5) is 37.7. The standard InChI is InChI=1S/C25H32N2O3S.C2HF3O2/c1-17-10-12-19(13-11-17)24(28)27(16-20-9-5-6-14-26-20)21-15-22(31-23(21)25(29)30)18-7-3-2-4-8-18;3-2(4,5)1(6)7/h2-4,7-8,15,17,19-20,26H,5-6,9-14,16H2,1H3,(H,29,30);(H,6,7). The van der Waals surface area contributed by atoms with Crippen LogP contribution in [0.4, 0.5) is 18.9 Å². The number of amides is 1. The molecule has 2 aliphatic rings. The molecule has 1 aliphatic carbocycles. The van der Waals surface area contributed by atoms with Crippen molar-refractivity contribution in [3.63, 3.8) is 0 Å². The molecule has 1 aromatic heterocycles. The Balaban J connectivity index is 0.000000505. The van der Waals surface area contributed by atoms with Gasteiger partial charge in [0.2, 0.25) is 5.91 Å². The second-order valence-corrected chi connectivity index (χ2v) is 10.9. The van der Waals surface area contributed by atoms with Gasteiger partial charge in [0, 0.05) is 23.4 Å². The number of carbonyl (C=O) groups is 3. The number of hydrogen-bond acceptors (Lipinski definition) is 5. The van der Waals surface area contributed by atoms with Gasteiger partial charge in [0.15, 0.2) is 0 Å². The summed E-state index contributed by atoms with van der Waals surface area (Å²) in [5.74, 6) is -2.97. The largest absolute Gasteiger partial charge is 0.490 e. The van der Waals surface area contributed by atoms with Gasteiger partial charge in [-0.3, -0.25) is 4.79 Å². The fourth-order valence-electron chi connectivity index (χ4n) is 4.81. The molecule has 1 atom stereocenters. The van der Waals surface area contributed by atoms with Crippen molar-refractivity contribution in [2.24, 2.45) is 11.8 Å². The highest BCUT2D eigenvalue weighted by atomic mass is 32.1. The molecule has 2 heterocycles. The summed E-state index contributed by atoms with van der Waals surface area (Å²) >= 11 is 1.26. The van der Waals surface area contributed by atoms with Gasteiger partial charge in [-0.2, -0.15) is 13.2 Å². The fraction of sp³-hybridized carbons (Fsp3) is 0.519. The van der Waals surface area contributed by atoms with E-state index in [0.29, 0.717) is 18.2 Å². The number of nitrogens with zero attached hydrogens (tertiary/aromatic N) is 1. The van der Waals surface area contributed by atoms with Crippen LogP contribution < -0.4 is 10.2 Å². The first kappa shape index (κ1) is 29.6. The number of nitrogens with one attached hydrogen (secondary N) is 1. The lowest BCUT2D eigenvalue weighted by Crippen LogP contribution is -2.48. The van der Waals surface area contributed by atoms with Crippen molar-refractivity contribution in [2.45, 2.75) is 64.1 Å². The summed E-state index contributed by atoms with van der Waals surface area (Å²) in [6.45, 7) is 3.74. The van der Waals surface area contributed by atoms with Gasteiger partial charge in [-0.25, -0.2) is 9.59 Å². The molecular formula is C27H33F3N2O5S. The maximum absolute atomic E-state index is 13.7. The lowest BCUT2D eigenvalue weighted by atomic mass is 9.82. The van der Waals surface area contributed by atoms with Gasteiger partial charge >= 0.3 is 18.1 Å². The zero-order valence-electron chi connectivity index (χ0n) is 21.2. The number of rotatable bonds is 6. The number of piperidine rings is 1. The van der Waals surface area contributed by atoms with Crippen LogP contribution in [0.25, 0.3) is 10.4 Å². The zero-order valence-corrected chi connectivity index (χ0v) is 22.0. The summed E-state index contributed by atoms with van der Waals surface area (Å²) in [5.41, 5.74) is 1.54. The van der Waals surface area contributed by atoms with E-state index >= 15 is 0 Å². The second kappa shape index (κ2) is 13.2. The normalized spacial score (nSPS) is 21.6. The van der Waals surface area contributed by atoms with Crippen molar-refractivity contribution in [3.05, 3.63) is 41.3 Å². The molecule has 1 unspecified atom stereocenters. The van der Waals surface area contributed by atoms with Gasteiger partial charge in [-0.05, 0) is 62.6 Å². The molecule has 11 heteroatoms. The van der Waals surface area contributed by atoms with Gasteiger partial charge in [-0.15, -0.1) is 11.3 Å². The molecule has 1 saturated carbocycles. The minimum absolute atomic E-state index is 0.0125. The molecule has 1 aromatic carbocycles. The van der Waals surface area contributed by atoms with Crippen LogP contribution in [0.2, 0.25) is 0 Å². The fourth-order valence-corrected chi connectivity index (χ4v) is 5.82. The number of aliphatic carboxylic acids is 1. The van der Waals surface area contributed by atoms with E-state index in [2.05, 4.69) is 12.2 Å². The molecule has 1 amide bonds. The molecular weight excluding hydrogens is 521 g/mol. The van der Waals surface area contributed by atoms with E-state index in [1.807, 2.05) is 36.4 Å². The Morgan fingerprint density at radius 1 is 1.03 bits per heavy atom. The quantitative estimate of drug-likeness (QED) is 0.402. The third-order valence-electron chi connectivity index (χ3n) is 6.94. The minimum atomic E-state index is -5.08. The average molecular weight is 555 g/mol. The van der Waals surface area contributed by atoms with E-state index in [4.69, 9.17) is 9.90 Å². The van der Waals surface area contributed by atoms with Crippen molar-refractivity contribution >= 4 is 34.9 Å². The van der Waals surface area contributed by atoms with Crippen LogP contribution >= 0.6 is 11.3 Å². The number of thiophene rings is 1. The summed E-state index contributed by atoms with van der Waals surface area (Å²) in [7, 11) is 0. The Hall–Kier alpha value is -2.92. The van der Waals surface area contributed by atoms with Gasteiger partial charge in [0.25, 0.3) is 0 Å². The first-order valence-electron chi connectivity index (χ1n) is 12.7. The number of carboxylic acid groups (broad SMARTS) is 2. The number of anilines is 1. The summed E-state index contributed by atoms with van der Waals surface area (Å²) in [6.07, 6.45) is 2.16. The maximum atomic E-state index is 13.7. The number of benzene rings is 1. The monoisotopic (exact) mass is 554 g/mol. The Morgan fingerprint density at radius 3 is 2.18 bits per heavy atom. The van der Waals surface area contributed by atoms with Gasteiger partial charge in [0.05, 0.1) is 5.69 Å². The van der Waals surface area contributed by atoms with E-state index in [1.165, 1.54) is 11.3 Å². The number of hydrogen-bond donors (Lipinski definition) is 3. The van der Waals surface area contributed by atoms with Crippen molar-refractivity contribution in [1.82, 2.24) is 5.32 Å². The lowest BCUT2D eigenvalue weighted by Gasteiger charge is -2.34. The van der Waals surface area contributed by atoms with E-state index < -0.39 is 18.1 Å². The van der Waals surface area contributed by atoms with Crippen LogP contribution in [-0.4, -0.2) is 53.4 Å². The highest BCUT2D eigenvalue weighted by Crippen LogP contribution is 2.39. The van der Waals surface area contributed by atoms with Gasteiger partial charge in [0.1, 0.15) is 4.88 Å². The molecule has 0 bridgehead atoms.